The smallest absolute Gasteiger partial charge is 0.336 e. The lowest BCUT2D eigenvalue weighted by atomic mass is 9.87. The number of benzene rings is 1. The van der Waals surface area contributed by atoms with Crippen LogP contribution in [0.3, 0.4) is 0 Å². The Morgan fingerprint density at radius 2 is 2.33 bits per heavy atom. The van der Waals surface area contributed by atoms with Gasteiger partial charge in [0.1, 0.15) is 11.4 Å². The van der Waals surface area contributed by atoms with Crippen LogP contribution < -0.4 is 4.74 Å². The third-order valence-corrected chi connectivity index (χ3v) is 5.29. The van der Waals surface area contributed by atoms with E-state index in [-0.39, 0.29) is 5.60 Å². The highest BCUT2D eigenvalue weighted by Gasteiger charge is 2.49. The number of rotatable bonds is 1. The Morgan fingerprint density at radius 1 is 1.61 bits per heavy atom. The van der Waals surface area contributed by atoms with Gasteiger partial charge in [0.2, 0.25) is 0 Å². The quantitative estimate of drug-likeness (QED) is 0.856. The second kappa shape index (κ2) is 3.73. The standard InChI is InChI=1S/C14H15BrO3/c1-7-8(13(16)17)6-9-10-4-3-5-14(10,2)18-12(9)11(7)15/h6,10H,3-5H2,1-2H3,(H,16,17)/t10-,14-/m0/s1. The zero-order chi connectivity index (χ0) is 13.1. The largest absolute Gasteiger partial charge is 0.485 e. The van der Waals surface area contributed by atoms with Crippen molar-refractivity contribution in [1.82, 2.24) is 0 Å². The molecule has 3 rings (SSSR count). The fourth-order valence-electron chi connectivity index (χ4n) is 3.31. The van der Waals surface area contributed by atoms with Crippen LogP contribution in [0.15, 0.2) is 10.5 Å². The summed E-state index contributed by atoms with van der Waals surface area (Å²) in [7, 11) is 0. The highest BCUT2D eigenvalue weighted by atomic mass is 79.9. The first-order chi connectivity index (χ1) is 8.44. The summed E-state index contributed by atoms with van der Waals surface area (Å²) in [4.78, 5) is 11.3. The molecule has 96 valence electrons. The fraction of sp³-hybridized carbons (Fsp3) is 0.500. The summed E-state index contributed by atoms with van der Waals surface area (Å²) >= 11 is 3.49. The molecule has 18 heavy (non-hydrogen) atoms. The summed E-state index contributed by atoms with van der Waals surface area (Å²) in [5, 5.41) is 9.26. The maximum atomic E-state index is 11.3. The Balaban J connectivity index is 2.22. The first-order valence-corrected chi connectivity index (χ1v) is 6.98. The molecule has 0 unspecified atom stereocenters. The van der Waals surface area contributed by atoms with E-state index in [1.165, 1.54) is 0 Å². The van der Waals surface area contributed by atoms with Gasteiger partial charge in [0.25, 0.3) is 0 Å². The van der Waals surface area contributed by atoms with Gasteiger partial charge in [-0.2, -0.15) is 0 Å². The molecule has 1 aromatic carbocycles. The monoisotopic (exact) mass is 310 g/mol. The Bertz CT molecular complexity index is 552. The lowest BCUT2D eigenvalue weighted by Crippen LogP contribution is -2.29. The Hall–Kier alpha value is -1.03. The van der Waals surface area contributed by atoms with E-state index in [9.17, 15) is 9.90 Å². The van der Waals surface area contributed by atoms with Crippen LogP contribution in [-0.2, 0) is 0 Å². The zero-order valence-electron chi connectivity index (χ0n) is 10.4. The fourth-order valence-corrected chi connectivity index (χ4v) is 3.83. The molecule has 1 fully saturated rings. The summed E-state index contributed by atoms with van der Waals surface area (Å²) in [6, 6.07) is 1.80. The SMILES string of the molecule is Cc1c(C(=O)O)cc2c(c1Br)O[C@@]1(C)CCC[C@@H]21. The van der Waals surface area contributed by atoms with Gasteiger partial charge in [-0.15, -0.1) is 0 Å². The molecule has 0 aromatic heterocycles. The molecule has 1 N–H and O–H groups in total. The number of ether oxygens (including phenoxy) is 1. The first-order valence-electron chi connectivity index (χ1n) is 6.19. The molecular weight excluding hydrogens is 296 g/mol. The Morgan fingerprint density at radius 3 is 3.00 bits per heavy atom. The van der Waals surface area contributed by atoms with Crippen molar-refractivity contribution in [1.29, 1.82) is 0 Å². The van der Waals surface area contributed by atoms with Gasteiger partial charge in [-0.1, -0.05) is 0 Å². The van der Waals surface area contributed by atoms with Gasteiger partial charge in [0, 0.05) is 11.5 Å². The highest BCUT2D eigenvalue weighted by molar-refractivity contribution is 9.10. The highest BCUT2D eigenvalue weighted by Crippen LogP contribution is 2.56. The van der Waals surface area contributed by atoms with Crippen molar-refractivity contribution in [2.75, 3.05) is 0 Å². The van der Waals surface area contributed by atoms with Crippen LogP contribution in [0.1, 0.15) is 53.6 Å². The van der Waals surface area contributed by atoms with E-state index in [0.717, 1.165) is 40.6 Å². The van der Waals surface area contributed by atoms with Crippen molar-refractivity contribution >= 4 is 21.9 Å². The molecule has 0 saturated heterocycles. The Labute approximate surface area is 114 Å². The predicted octanol–water partition coefficient (Wildman–Crippen LogP) is 3.87. The van der Waals surface area contributed by atoms with E-state index in [2.05, 4.69) is 22.9 Å². The number of halogens is 1. The van der Waals surface area contributed by atoms with Gasteiger partial charge in [0.15, 0.2) is 0 Å². The molecule has 2 aliphatic rings. The van der Waals surface area contributed by atoms with E-state index in [4.69, 9.17) is 4.74 Å². The van der Waals surface area contributed by atoms with E-state index in [1.807, 2.05) is 6.92 Å². The molecular formula is C14H15BrO3. The van der Waals surface area contributed by atoms with E-state index >= 15 is 0 Å². The lowest BCUT2D eigenvalue weighted by Gasteiger charge is -2.23. The van der Waals surface area contributed by atoms with Gasteiger partial charge in [-0.3, -0.25) is 0 Å². The van der Waals surface area contributed by atoms with Gasteiger partial charge < -0.3 is 9.84 Å². The van der Waals surface area contributed by atoms with Crippen LogP contribution in [0.25, 0.3) is 0 Å². The molecule has 1 aliphatic carbocycles. The minimum Gasteiger partial charge on any atom is -0.485 e. The summed E-state index contributed by atoms with van der Waals surface area (Å²) in [5.74, 6) is 0.315. The van der Waals surface area contributed by atoms with Crippen LogP contribution in [0.5, 0.6) is 5.75 Å². The number of carbonyl (C=O) groups is 1. The van der Waals surface area contributed by atoms with Crippen LogP contribution in [0.4, 0.5) is 0 Å². The van der Waals surface area contributed by atoms with E-state index in [1.54, 1.807) is 6.07 Å². The van der Waals surface area contributed by atoms with Gasteiger partial charge in [0.05, 0.1) is 10.0 Å². The van der Waals surface area contributed by atoms with Crippen molar-refractivity contribution in [3.63, 3.8) is 0 Å². The number of hydrogen-bond acceptors (Lipinski definition) is 2. The minimum absolute atomic E-state index is 0.144. The molecule has 1 aromatic rings. The summed E-state index contributed by atoms with van der Waals surface area (Å²) < 4.78 is 6.92. The summed E-state index contributed by atoms with van der Waals surface area (Å²) in [6.45, 7) is 3.94. The average molecular weight is 311 g/mol. The van der Waals surface area contributed by atoms with Crippen molar-refractivity contribution in [3.8, 4) is 5.75 Å². The Kier molecular flexibility index (Phi) is 2.49. The van der Waals surface area contributed by atoms with Crippen LogP contribution in [0, 0.1) is 6.92 Å². The lowest BCUT2D eigenvalue weighted by molar-refractivity contribution is 0.0696. The third kappa shape index (κ3) is 1.44. The molecule has 3 nitrogen and oxygen atoms in total. The molecule has 0 amide bonds. The van der Waals surface area contributed by atoms with E-state index < -0.39 is 5.97 Å². The number of carboxylic acid groups (broad SMARTS) is 1. The average Bonchev–Trinajstić information content (AvgIpc) is 2.78. The van der Waals surface area contributed by atoms with Crippen molar-refractivity contribution < 1.29 is 14.6 Å². The maximum Gasteiger partial charge on any atom is 0.336 e. The van der Waals surface area contributed by atoms with E-state index in [0.29, 0.717) is 11.5 Å². The summed E-state index contributed by atoms with van der Waals surface area (Å²) in [5.41, 5.74) is 2.03. The third-order valence-electron chi connectivity index (χ3n) is 4.34. The van der Waals surface area contributed by atoms with Crippen molar-refractivity contribution in [2.45, 2.75) is 44.6 Å². The van der Waals surface area contributed by atoms with Crippen LogP contribution in [0.2, 0.25) is 0 Å². The van der Waals surface area contributed by atoms with Gasteiger partial charge in [-0.05, 0) is 60.7 Å². The molecule has 1 aliphatic heterocycles. The molecule has 1 heterocycles. The molecule has 4 heteroatoms. The first kappa shape index (κ1) is 12.0. The molecule has 2 atom stereocenters. The van der Waals surface area contributed by atoms with Gasteiger partial charge >= 0.3 is 5.97 Å². The number of aromatic carboxylic acids is 1. The molecule has 0 bridgehead atoms. The van der Waals surface area contributed by atoms with Crippen molar-refractivity contribution in [2.24, 2.45) is 0 Å². The second-order valence-electron chi connectivity index (χ2n) is 5.45. The van der Waals surface area contributed by atoms with Crippen molar-refractivity contribution in [3.05, 3.63) is 27.2 Å². The number of carboxylic acids is 1. The van der Waals surface area contributed by atoms with Crippen LogP contribution >= 0.6 is 15.9 Å². The number of hydrogen-bond donors (Lipinski definition) is 1. The zero-order valence-corrected chi connectivity index (χ0v) is 12.0. The normalized spacial score (nSPS) is 28.7. The minimum atomic E-state index is -0.873. The molecule has 1 saturated carbocycles. The maximum absolute atomic E-state index is 11.3. The van der Waals surface area contributed by atoms with Gasteiger partial charge in [-0.25, -0.2) is 4.79 Å². The topological polar surface area (TPSA) is 46.5 Å². The molecule has 0 radical (unpaired) electrons. The molecule has 0 spiro atoms. The predicted molar refractivity (Wildman–Crippen MR) is 71.5 cm³/mol. The number of fused-ring (bicyclic) bond motifs is 3. The second-order valence-corrected chi connectivity index (χ2v) is 6.24. The van der Waals surface area contributed by atoms with Crippen LogP contribution in [-0.4, -0.2) is 16.7 Å². The summed E-state index contributed by atoms with van der Waals surface area (Å²) in [6.07, 6.45) is 3.27.